The van der Waals surface area contributed by atoms with Gasteiger partial charge in [-0.15, -0.1) is 12.3 Å². The molecule has 0 aliphatic carbocycles. The summed E-state index contributed by atoms with van der Waals surface area (Å²) in [5, 5.41) is 5.93. The van der Waals surface area contributed by atoms with Gasteiger partial charge in [-0.1, -0.05) is 24.3 Å². The highest BCUT2D eigenvalue weighted by molar-refractivity contribution is 5.87. The van der Waals surface area contributed by atoms with E-state index in [9.17, 15) is 0 Å². The quantitative estimate of drug-likeness (QED) is 0.616. The van der Waals surface area contributed by atoms with Crippen LogP contribution in [0.4, 0.5) is 0 Å². The number of ether oxygens (including phenoxy) is 1. The predicted octanol–water partition coefficient (Wildman–Crippen LogP) is 3.78. The standard InChI is InChI=1S/C19H23NO/c1-4-5-6-10-17(20-2)13-16-9-7-8-15-11-12-18(21-3)14-19(15)16/h1,7-9,11-12,14,17,20H,5-6,10,13H2,2-3H3. The molecule has 0 fully saturated rings. The molecule has 0 amide bonds. The van der Waals surface area contributed by atoms with Gasteiger partial charge in [-0.3, -0.25) is 0 Å². The van der Waals surface area contributed by atoms with Crippen LogP contribution in [0.1, 0.15) is 24.8 Å². The maximum atomic E-state index is 5.35. The highest BCUT2D eigenvalue weighted by atomic mass is 16.5. The van der Waals surface area contributed by atoms with Gasteiger partial charge in [0.25, 0.3) is 0 Å². The molecule has 110 valence electrons. The van der Waals surface area contributed by atoms with Crippen LogP contribution < -0.4 is 10.1 Å². The second kappa shape index (κ2) is 7.71. The lowest BCUT2D eigenvalue weighted by atomic mass is 9.96. The third kappa shape index (κ3) is 4.00. The molecule has 0 aliphatic rings. The van der Waals surface area contributed by atoms with E-state index in [2.05, 4.69) is 41.6 Å². The Bertz CT molecular complexity index is 627. The van der Waals surface area contributed by atoms with Gasteiger partial charge in [0.05, 0.1) is 7.11 Å². The summed E-state index contributed by atoms with van der Waals surface area (Å²) in [5.41, 5.74) is 1.35. The minimum absolute atomic E-state index is 0.454. The van der Waals surface area contributed by atoms with Gasteiger partial charge < -0.3 is 10.1 Å². The number of hydrogen-bond donors (Lipinski definition) is 1. The summed E-state index contributed by atoms with van der Waals surface area (Å²) in [4.78, 5) is 0. The first-order valence-corrected chi connectivity index (χ1v) is 7.45. The maximum absolute atomic E-state index is 5.35. The monoisotopic (exact) mass is 281 g/mol. The number of rotatable bonds is 7. The molecule has 0 saturated heterocycles. The molecule has 2 rings (SSSR count). The predicted molar refractivity (Wildman–Crippen MR) is 89.7 cm³/mol. The van der Waals surface area contributed by atoms with E-state index in [1.54, 1.807) is 7.11 Å². The van der Waals surface area contributed by atoms with E-state index in [1.165, 1.54) is 16.3 Å². The second-order valence-electron chi connectivity index (χ2n) is 5.29. The van der Waals surface area contributed by atoms with E-state index in [4.69, 9.17) is 11.2 Å². The zero-order valence-corrected chi connectivity index (χ0v) is 12.9. The largest absolute Gasteiger partial charge is 0.497 e. The van der Waals surface area contributed by atoms with Crippen molar-refractivity contribution in [3.8, 4) is 18.1 Å². The Balaban J connectivity index is 2.22. The van der Waals surface area contributed by atoms with Gasteiger partial charge in [-0.05, 0) is 54.8 Å². The Morgan fingerprint density at radius 3 is 2.86 bits per heavy atom. The lowest BCUT2D eigenvalue weighted by Crippen LogP contribution is -2.27. The number of nitrogens with one attached hydrogen (secondary N) is 1. The summed E-state index contributed by atoms with van der Waals surface area (Å²) in [5.74, 6) is 3.62. The fraction of sp³-hybridized carbons (Fsp3) is 0.368. The number of likely N-dealkylation sites (N-methyl/N-ethyl adjacent to an activating group) is 1. The molecule has 21 heavy (non-hydrogen) atoms. The van der Waals surface area contributed by atoms with Crippen molar-refractivity contribution in [2.45, 2.75) is 31.7 Å². The normalized spacial score (nSPS) is 12.0. The van der Waals surface area contributed by atoms with Crippen molar-refractivity contribution in [2.24, 2.45) is 0 Å². The van der Waals surface area contributed by atoms with Gasteiger partial charge in [-0.2, -0.15) is 0 Å². The first kappa shape index (κ1) is 15.4. The van der Waals surface area contributed by atoms with E-state index >= 15 is 0 Å². The van der Waals surface area contributed by atoms with Crippen molar-refractivity contribution in [3.63, 3.8) is 0 Å². The Morgan fingerprint density at radius 1 is 1.29 bits per heavy atom. The molecule has 2 aromatic carbocycles. The second-order valence-corrected chi connectivity index (χ2v) is 5.29. The summed E-state index contributed by atoms with van der Waals surface area (Å²) in [6.07, 6.45) is 9.35. The summed E-state index contributed by atoms with van der Waals surface area (Å²) < 4.78 is 5.35. The van der Waals surface area contributed by atoms with E-state index < -0.39 is 0 Å². The van der Waals surface area contributed by atoms with Gasteiger partial charge in [0, 0.05) is 12.5 Å². The van der Waals surface area contributed by atoms with Crippen molar-refractivity contribution in [1.82, 2.24) is 5.32 Å². The van der Waals surface area contributed by atoms with Crippen molar-refractivity contribution in [2.75, 3.05) is 14.2 Å². The lowest BCUT2D eigenvalue weighted by Gasteiger charge is -2.17. The number of benzene rings is 2. The number of hydrogen-bond acceptors (Lipinski definition) is 2. The van der Waals surface area contributed by atoms with Crippen LogP contribution in [0.15, 0.2) is 36.4 Å². The van der Waals surface area contributed by atoms with E-state index in [-0.39, 0.29) is 0 Å². The van der Waals surface area contributed by atoms with Crippen LogP contribution in [0.3, 0.4) is 0 Å². The summed E-state index contributed by atoms with van der Waals surface area (Å²) in [6, 6.07) is 13.2. The molecule has 0 saturated carbocycles. The SMILES string of the molecule is C#CCCCC(Cc1cccc2ccc(OC)cc12)NC. The van der Waals surface area contributed by atoms with Gasteiger partial charge in [-0.25, -0.2) is 0 Å². The molecule has 2 aromatic rings. The van der Waals surface area contributed by atoms with Crippen LogP contribution in [0.25, 0.3) is 10.8 Å². The van der Waals surface area contributed by atoms with Gasteiger partial charge in [0.15, 0.2) is 0 Å². The van der Waals surface area contributed by atoms with Crippen molar-refractivity contribution in [3.05, 3.63) is 42.0 Å². The molecule has 2 nitrogen and oxygen atoms in total. The van der Waals surface area contributed by atoms with E-state index in [0.717, 1.165) is 31.4 Å². The van der Waals surface area contributed by atoms with Crippen molar-refractivity contribution >= 4 is 10.8 Å². The third-order valence-corrected chi connectivity index (χ3v) is 3.93. The third-order valence-electron chi connectivity index (χ3n) is 3.93. The highest BCUT2D eigenvalue weighted by Crippen LogP contribution is 2.25. The number of fused-ring (bicyclic) bond motifs is 1. The first-order chi connectivity index (χ1) is 10.3. The van der Waals surface area contributed by atoms with E-state index in [1.807, 2.05) is 13.1 Å². The average molecular weight is 281 g/mol. The molecule has 0 radical (unpaired) electrons. The molecule has 2 heteroatoms. The first-order valence-electron chi connectivity index (χ1n) is 7.45. The minimum atomic E-state index is 0.454. The van der Waals surface area contributed by atoms with Gasteiger partial charge in [0.1, 0.15) is 5.75 Å². The Labute approximate surface area is 127 Å². The summed E-state index contributed by atoms with van der Waals surface area (Å²) >= 11 is 0. The lowest BCUT2D eigenvalue weighted by molar-refractivity contribution is 0.415. The fourth-order valence-electron chi connectivity index (χ4n) is 2.69. The zero-order valence-electron chi connectivity index (χ0n) is 12.9. The van der Waals surface area contributed by atoms with Crippen LogP contribution in [-0.4, -0.2) is 20.2 Å². The summed E-state index contributed by atoms with van der Waals surface area (Å²) in [7, 11) is 3.73. The summed E-state index contributed by atoms with van der Waals surface area (Å²) in [6.45, 7) is 0. The fourth-order valence-corrected chi connectivity index (χ4v) is 2.69. The molecular formula is C19H23NO. The molecule has 1 atom stereocenters. The van der Waals surface area contributed by atoms with Crippen LogP contribution in [-0.2, 0) is 6.42 Å². The smallest absolute Gasteiger partial charge is 0.119 e. The van der Waals surface area contributed by atoms with Gasteiger partial charge >= 0.3 is 0 Å². The topological polar surface area (TPSA) is 21.3 Å². The minimum Gasteiger partial charge on any atom is -0.497 e. The van der Waals surface area contributed by atoms with Crippen molar-refractivity contribution in [1.29, 1.82) is 0 Å². The number of terminal acetylenes is 1. The molecule has 0 spiro atoms. The Kier molecular flexibility index (Phi) is 5.66. The van der Waals surface area contributed by atoms with Gasteiger partial charge in [0.2, 0.25) is 0 Å². The number of unbranched alkanes of at least 4 members (excludes halogenated alkanes) is 1. The highest BCUT2D eigenvalue weighted by Gasteiger charge is 2.10. The van der Waals surface area contributed by atoms with Crippen LogP contribution in [0, 0.1) is 12.3 Å². The Morgan fingerprint density at radius 2 is 2.14 bits per heavy atom. The van der Waals surface area contributed by atoms with Crippen LogP contribution >= 0.6 is 0 Å². The maximum Gasteiger partial charge on any atom is 0.119 e. The Hall–Kier alpha value is -1.98. The molecular weight excluding hydrogens is 258 g/mol. The molecule has 1 unspecified atom stereocenters. The zero-order chi connectivity index (χ0) is 15.1. The average Bonchev–Trinajstić information content (AvgIpc) is 2.53. The number of methoxy groups -OCH3 is 1. The van der Waals surface area contributed by atoms with Crippen molar-refractivity contribution < 1.29 is 4.74 Å². The van der Waals surface area contributed by atoms with Crippen LogP contribution in [0.2, 0.25) is 0 Å². The molecule has 0 aromatic heterocycles. The van der Waals surface area contributed by atoms with Crippen LogP contribution in [0.5, 0.6) is 5.75 Å². The molecule has 1 N–H and O–H groups in total. The molecule has 0 bridgehead atoms. The van der Waals surface area contributed by atoms with E-state index in [0.29, 0.717) is 6.04 Å². The molecule has 0 aliphatic heterocycles. The molecule has 0 heterocycles.